The zero-order valence-corrected chi connectivity index (χ0v) is 13.3. The zero-order chi connectivity index (χ0) is 14.5. The van der Waals surface area contributed by atoms with Crippen LogP contribution in [0.25, 0.3) is 0 Å². The van der Waals surface area contributed by atoms with Crippen LogP contribution in [0.2, 0.25) is 10.0 Å². The van der Waals surface area contributed by atoms with Gasteiger partial charge in [-0.3, -0.25) is 4.90 Å². The molecule has 5 heteroatoms. The van der Waals surface area contributed by atoms with Gasteiger partial charge in [-0.25, -0.2) is 0 Å². The lowest BCUT2D eigenvalue weighted by molar-refractivity contribution is -0.00777. The van der Waals surface area contributed by atoms with E-state index >= 15 is 0 Å². The van der Waals surface area contributed by atoms with E-state index in [4.69, 9.17) is 33.7 Å². The van der Waals surface area contributed by atoms with Gasteiger partial charge in [-0.05, 0) is 44.0 Å². The molecule has 2 atom stereocenters. The van der Waals surface area contributed by atoms with Gasteiger partial charge >= 0.3 is 0 Å². The van der Waals surface area contributed by atoms with E-state index in [9.17, 15) is 0 Å². The van der Waals surface area contributed by atoms with E-state index < -0.39 is 0 Å². The molecule has 1 heterocycles. The molecule has 0 saturated carbocycles. The molecule has 20 heavy (non-hydrogen) atoms. The minimum absolute atomic E-state index is 0.135. The quantitative estimate of drug-likeness (QED) is 0.903. The van der Waals surface area contributed by atoms with Crippen LogP contribution in [0.1, 0.15) is 30.9 Å². The Kier molecular flexibility index (Phi) is 6.12. The first kappa shape index (κ1) is 16.1. The Labute approximate surface area is 131 Å². The first-order valence-electron chi connectivity index (χ1n) is 7.08. The standard InChI is InChI=1S/C15H22Cl2N2O/c1-19(10-12-4-2-3-7-20-12)15(9-18)11-5-6-13(16)14(17)8-11/h5-6,8,12,15H,2-4,7,9-10,18H2,1H3. The first-order chi connectivity index (χ1) is 9.61. The van der Waals surface area contributed by atoms with Crippen LogP contribution in [0.3, 0.4) is 0 Å². The Balaban J connectivity index is 2.03. The summed E-state index contributed by atoms with van der Waals surface area (Å²) in [4.78, 5) is 2.25. The van der Waals surface area contributed by atoms with Crippen molar-refractivity contribution in [1.29, 1.82) is 0 Å². The van der Waals surface area contributed by atoms with Gasteiger partial charge in [0.15, 0.2) is 0 Å². The minimum Gasteiger partial charge on any atom is -0.377 e. The number of halogens is 2. The van der Waals surface area contributed by atoms with Gasteiger partial charge in [0.1, 0.15) is 0 Å². The number of benzene rings is 1. The molecular formula is C15H22Cl2N2O. The van der Waals surface area contributed by atoms with Crippen molar-refractivity contribution < 1.29 is 4.74 Å². The Morgan fingerprint density at radius 2 is 2.15 bits per heavy atom. The van der Waals surface area contributed by atoms with Gasteiger partial charge < -0.3 is 10.5 Å². The number of hydrogen-bond donors (Lipinski definition) is 1. The second-order valence-corrected chi connectivity index (χ2v) is 6.17. The van der Waals surface area contributed by atoms with Crippen molar-refractivity contribution in [1.82, 2.24) is 4.90 Å². The monoisotopic (exact) mass is 316 g/mol. The summed E-state index contributed by atoms with van der Waals surface area (Å²) in [6, 6.07) is 5.85. The minimum atomic E-state index is 0.135. The average Bonchev–Trinajstić information content (AvgIpc) is 2.44. The van der Waals surface area contributed by atoms with E-state index in [1.807, 2.05) is 18.2 Å². The van der Waals surface area contributed by atoms with Gasteiger partial charge in [0, 0.05) is 25.7 Å². The van der Waals surface area contributed by atoms with Gasteiger partial charge in [0.25, 0.3) is 0 Å². The molecule has 0 spiro atoms. The molecular weight excluding hydrogens is 295 g/mol. The molecule has 0 bridgehead atoms. The molecule has 0 aromatic heterocycles. The maximum Gasteiger partial charge on any atom is 0.0702 e. The highest BCUT2D eigenvalue weighted by molar-refractivity contribution is 6.42. The van der Waals surface area contributed by atoms with E-state index in [2.05, 4.69) is 11.9 Å². The van der Waals surface area contributed by atoms with E-state index in [0.717, 1.165) is 25.1 Å². The van der Waals surface area contributed by atoms with E-state index in [1.165, 1.54) is 12.8 Å². The predicted octanol–water partition coefficient (Wildman–Crippen LogP) is 3.49. The molecule has 0 aliphatic carbocycles. The SMILES string of the molecule is CN(CC1CCCCO1)C(CN)c1ccc(Cl)c(Cl)c1. The number of likely N-dealkylation sites (N-methyl/N-ethyl adjacent to an activating group) is 1. The van der Waals surface area contributed by atoms with Crippen LogP contribution < -0.4 is 5.73 Å². The first-order valence-corrected chi connectivity index (χ1v) is 7.84. The molecule has 1 aromatic carbocycles. The molecule has 1 fully saturated rings. The van der Waals surface area contributed by atoms with E-state index in [-0.39, 0.29) is 6.04 Å². The fourth-order valence-electron chi connectivity index (χ4n) is 2.69. The number of nitrogens with two attached hydrogens (primary N) is 1. The average molecular weight is 317 g/mol. The summed E-state index contributed by atoms with van der Waals surface area (Å²) in [7, 11) is 2.08. The summed E-state index contributed by atoms with van der Waals surface area (Å²) in [5.41, 5.74) is 7.04. The molecule has 2 unspecified atom stereocenters. The van der Waals surface area contributed by atoms with Crippen molar-refractivity contribution in [2.75, 3.05) is 26.7 Å². The van der Waals surface area contributed by atoms with Crippen molar-refractivity contribution in [3.8, 4) is 0 Å². The topological polar surface area (TPSA) is 38.5 Å². The van der Waals surface area contributed by atoms with Gasteiger partial charge in [0.2, 0.25) is 0 Å². The second kappa shape index (κ2) is 7.62. The molecule has 1 aliphatic heterocycles. The smallest absolute Gasteiger partial charge is 0.0702 e. The van der Waals surface area contributed by atoms with Crippen molar-refractivity contribution in [2.45, 2.75) is 31.4 Å². The molecule has 2 rings (SSSR count). The highest BCUT2D eigenvalue weighted by atomic mass is 35.5. The van der Waals surface area contributed by atoms with Crippen molar-refractivity contribution >= 4 is 23.2 Å². The van der Waals surface area contributed by atoms with Crippen LogP contribution in [-0.4, -0.2) is 37.7 Å². The Hall–Kier alpha value is -0.320. The van der Waals surface area contributed by atoms with Crippen molar-refractivity contribution in [3.05, 3.63) is 33.8 Å². The van der Waals surface area contributed by atoms with Gasteiger partial charge in [-0.1, -0.05) is 29.3 Å². The highest BCUT2D eigenvalue weighted by Gasteiger charge is 2.21. The number of ether oxygens (including phenoxy) is 1. The summed E-state index contributed by atoms with van der Waals surface area (Å²) < 4.78 is 5.79. The largest absolute Gasteiger partial charge is 0.377 e. The molecule has 2 N–H and O–H groups in total. The third kappa shape index (κ3) is 4.09. The van der Waals surface area contributed by atoms with Crippen LogP contribution in [0, 0.1) is 0 Å². The van der Waals surface area contributed by atoms with Crippen molar-refractivity contribution in [2.24, 2.45) is 5.73 Å². The van der Waals surface area contributed by atoms with Crippen LogP contribution in [0.5, 0.6) is 0 Å². The van der Waals surface area contributed by atoms with Crippen molar-refractivity contribution in [3.63, 3.8) is 0 Å². The molecule has 0 amide bonds. The molecule has 0 radical (unpaired) electrons. The molecule has 112 valence electrons. The molecule has 1 aromatic rings. The van der Waals surface area contributed by atoms with Gasteiger partial charge in [0.05, 0.1) is 16.1 Å². The van der Waals surface area contributed by atoms with Gasteiger partial charge in [-0.2, -0.15) is 0 Å². The third-order valence-electron chi connectivity index (χ3n) is 3.85. The summed E-state index contributed by atoms with van der Waals surface area (Å²) in [6.45, 7) is 2.31. The summed E-state index contributed by atoms with van der Waals surface area (Å²) in [6.07, 6.45) is 3.86. The maximum atomic E-state index is 6.10. The predicted molar refractivity (Wildman–Crippen MR) is 84.5 cm³/mol. The Morgan fingerprint density at radius 3 is 2.75 bits per heavy atom. The fourth-order valence-corrected chi connectivity index (χ4v) is 3.00. The molecule has 1 saturated heterocycles. The van der Waals surface area contributed by atoms with Crippen LogP contribution >= 0.6 is 23.2 Å². The number of rotatable bonds is 5. The maximum absolute atomic E-state index is 6.10. The van der Waals surface area contributed by atoms with Crippen LogP contribution in [-0.2, 0) is 4.74 Å². The summed E-state index contributed by atoms with van der Waals surface area (Å²) >= 11 is 12.1. The zero-order valence-electron chi connectivity index (χ0n) is 11.8. The third-order valence-corrected chi connectivity index (χ3v) is 4.59. The van der Waals surface area contributed by atoms with Crippen LogP contribution in [0.4, 0.5) is 0 Å². The lowest BCUT2D eigenvalue weighted by atomic mass is 10.0. The fraction of sp³-hybridized carbons (Fsp3) is 0.600. The Morgan fingerprint density at radius 1 is 1.35 bits per heavy atom. The van der Waals surface area contributed by atoms with E-state index in [0.29, 0.717) is 22.7 Å². The number of hydrogen-bond acceptors (Lipinski definition) is 3. The summed E-state index contributed by atoms with van der Waals surface area (Å²) in [5, 5.41) is 1.15. The van der Waals surface area contributed by atoms with Gasteiger partial charge in [-0.15, -0.1) is 0 Å². The Bertz CT molecular complexity index is 436. The summed E-state index contributed by atoms with van der Waals surface area (Å²) in [5.74, 6) is 0. The molecule has 1 aliphatic rings. The highest BCUT2D eigenvalue weighted by Crippen LogP contribution is 2.28. The second-order valence-electron chi connectivity index (χ2n) is 5.35. The number of nitrogens with zero attached hydrogens (tertiary/aromatic N) is 1. The lowest BCUT2D eigenvalue weighted by Gasteiger charge is -2.32. The lowest BCUT2D eigenvalue weighted by Crippen LogP contribution is -2.38. The van der Waals surface area contributed by atoms with E-state index in [1.54, 1.807) is 0 Å². The molecule has 3 nitrogen and oxygen atoms in total. The van der Waals surface area contributed by atoms with Crippen LogP contribution in [0.15, 0.2) is 18.2 Å². The normalized spacial score (nSPS) is 21.1.